The van der Waals surface area contributed by atoms with Gasteiger partial charge in [-0.05, 0) is 37.4 Å². The highest BCUT2D eigenvalue weighted by Gasteiger charge is 2.19. The van der Waals surface area contributed by atoms with Gasteiger partial charge in [0.15, 0.2) is 0 Å². The highest BCUT2D eigenvalue weighted by molar-refractivity contribution is 5.75. The van der Waals surface area contributed by atoms with E-state index in [2.05, 4.69) is 23.0 Å². The highest BCUT2D eigenvalue weighted by Crippen LogP contribution is 2.29. The van der Waals surface area contributed by atoms with Crippen LogP contribution in [0.2, 0.25) is 0 Å². The quantitative estimate of drug-likeness (QED) is 0.774. The summed E-state index contributed by atoms with van der Waals surface area (Å²) < 4.78 is 2.00. The molecule has 0 saturated carbocycles. The Morgan fingerprint density at radius 3 is 2.94 bits per heavy atom. The second-order valence-corrected chi connectivity index (χ2v) is 4.67. The van der Waals surface area contributed by atoms with Crippen molar-refractivity contribution in [2.45, 2.75) is 38.3 Å². The molecule has 2 N–H and O–H groups in total. The van der Waals surface area contributed by atoms with E-state index in [1.165, 1.54) is 30.4 Å². The average molecular weight is 235 g/mol. The zero-order valence-corrected chi connectivity index (χ0v) is 10.6. The van der Waals surface area contributed by atoms with Gasteiger partial charge in [0, 0.05) is 25.5 Å². The van der Waals surface area contributed by atoms with Gasteiger partial charge < -0.3 is 15.2 Å². The summed E-state index contributed by atoms with van der Waals surface area (Å²) in [6.07, 6.45) is 9.09. The number of aromatic nitrogens is 1. The second kappa shape index (κ2) is 5.36. The lowest BCUT2D eigenvalue weighted by Crippen LogP contribution is -2.22. The molecule has 4 nitrogen and oxygen atoms in total. The van der Waals surface area contributed by atoms with E-state index in [9.17, 15) is 4.79 Å². The number of nitrogens with zero attached hydrogens (tertiary/aromatic N) is 1. The Morgan fingerprint density at radius 1 is 1.41 bits per heavy atom. The smallest absolute Gasteiger partial charge is 0.239 e. The van der Waals surface area contributed by atoms with Crippen molar-refractivity contribution in [3.05, 3.63) is 23.5 Å². The Morgan fingerprint density at radius 2 is 2.24 bits per heavy atom. The van der Waals surface area contributed by atoms with Gasteiger partial charge >= 0.3 is 0 Å². The average Bonchev–Trinajstić information content (AvgIpc) is 2.62. The van der Waals surface area contributed by atoms with Gasteiger partial charge in [0.1, 0.15) is 6.54 Å². The third-order valence-corrected chi connectivity index (χ3v) is 3.52. The normalized spacial score (nSPS) is 19.5. The van der Waals surface area contributed by atoms with Crippen LogP contribution in [0.3, 0.4) is 0 Å². The predicted molar refractivity (Wildman–Crippen MR) is 67.9 cm³/mol. The summed E-state index contributed by atoms with van der Waals surface area (Å²) in [6, 6.07) is 0.443. The molecule has 1 heterocycles. The molecule has 4 heteroatoms. The number of carbonyl (C=O) groups excluding carboxylic acids is 1. The summed E-state index contributed by atoms with van der Waals surface area (Å²) in [5.41, 5.74) is 2.76. The van der Waals surface area contributed by atoms with Gasteiger partial charge in [0.2, 0.25) is 5.91 Å². The van der Waals surface area contributed by atoms with Crippen LogP contribution in [0.4, 0.5) is 0 Å². The molecule has 1 aromatic rings. The van der Waals surface area contributed by atoms with Gasteiger partial charge in [-0.1, -0.05) is 6.42 Å². The molecular formula is C13H21N3O. The number of carbonyl (C=O) groups is 1. The molecule has 17 heavy (non-hydrogen) atoms. The molecule has 0 spiro atoms. The molecule has 1 aliphatic rings. The van der Waals surface area contributed by atoms with Crippen LogP contribution in [-0.2, 0) is 17.8 Å². The van der Waals surface area contributed by atoms with Crippen LogP contribution in [0.15, 0.2) is 12.4 Å². The zero-order chi connectivity index (χ0) is 12.3. The van der Waals surface area contributed by atoms with Crippen molar-refractivity contribution in [1.29, 1.82) is 0 Å². The molecule has 0 radical (unpaired) electrons. The zero-order valence-electron chi connectivity index (χ0n) is 10.6. The fraction of sp³-hybridized carbons (Fsp3) is 0.615. The lowest BCUT2D eigenvalue weighted by Gasteiger charge is -2.13. The van der Waals surface area contributed by atoms with Crippen molar-refractivity contribution in [2.24, 2.45) is 0 Å². The maximum atomic E-state index is 11.4. The maximum absolute atomic E-state index is 11.4. The standard InChI is InChI=1S/C13H21N3O/c1-14-12-6-4-3-5-10-7-16(8-11(10)12)9-13(17)15-2/h7-8,12,14H,3-6,9H2,1-2H3,(H,15,17). The van der Waals surface area contributed by atoms with Crippen LogP contribution in [0.1, 0.15) is 36.4 Å². The first-order valence-electron chi connectivity index (χ1n) is 6.31. The highest BCUT2D eigenvalue weighted by atomic mass is 16.1. The number of nitrogens with one attached hydrogen (secondary N) is 2. The molecule has 0 fully saturated rings. The van der Waals surface area contributed by atoms with Gasteiger partial charge in [-0.2, -0.15) is 0 Å². The van der Waals surface area contributed by atoms with Gasteiger partial charge in [-0.3, -0.25) is 4.79 Å². The molecule has 0 bridgehead atoms. The molecule has 1 atom stereocenters. The number of amides is 1. The summed E-state index contributed by atoms with van der Waals surface area (Å²) in [5, 5.41) is 6.02. The van der Waals surface area contributed by atoms with Gasteiger partial charge in [0.25, 0.3) is 0 Å². The Balaban J connectivity index is 2.20. The molecule has 1 aromatic heterocycles. The van der Waals surface area contributed by atoms with E-state index in [0.717, 1.165) is 6.42 Å². The molecule has 0 saturated heterocycles. The largest absolute Gasteiger partial charge is 0.358 e. The predicted octanol–water partition coefficient (Wildman–Crippen LogP) is 1.22. The molecule has 0 aliphatic heterocycles. The minimum atomic E-state index is 0.0520. The summed E-state index contributed by atoms with van der Waals surface area (Å²) in [6.45, 7) is 0.417. The Kier molecular flexibility index (Phi) is 3.84. The lowest BCUT2D eigenvalue weighted by molar-refractivity contribution is -0.121. The number of rotatable bonds is 3. The Labute approximate surface area is 102 Å². The van der Waals surface area contributed by atoms with E-state index < -0.39 is 0 Å². The number of aryl methyl sites for hydroxylation is 1. The van der Waals surface area contributed by atoms with Crippen LogP contribution < -0.4 is 10.6 Å². The van der Waals surface area contributed by atoms with E-state index >= 15 is 0 Å². The van der Waals surface area contributed by atoms with Gasteiger partial charge in [-0.15, -0.1) is 0 Å². The first kappa shape index (κ1) is 12.2. The van der Waals surface area contributed by atoms with Crippen molar-refractivity contribution in [2.75, 3.05) is 14.1 Å². The number of fused-ring (bicyclic) bond motifs is 1. The third-order valence-electron chi connectivity index (χ3n) is 3.52. The first-order valence-corrected chi connectivity index (χ1v) is 6.31. The molecular weight excluding hydrogens is 214 g/mol. The lowest BCUT2D eigenvalue weighted by atomic mass is 10.1. The summed E-state index contributed by atoms with van der Waals surface area (Å²) in [5.74, 6) is 0.0520. The van der Waals surface area contributed by atoms with E-state index in [-0.39, 0.29) is 5.91 Å². The molecule has 94 valence electrons. The molecule has 1 amide bonds. The number of hydrogen-bond donors (Lipinski definition) is 2. The minimum absolute atomic E-state index is 0.0520. The van der Waals surface area contributed by atoms with E-state index in [4.69, 9.17) is 0 Å². The number of hydrogen-bond acceptors (Lipinski definition) is 2. The third kappa shape index (κ3) is 2.69. The summed E-state index contributed by atoms with van der Waals surface area (Å²) >= 11 is 0. The maximum Gasteiger partial charge on any atom is 0.239 e. The van der Waals surface area contributed by atoms with Crippen LogP contribution in [0.25, 0.3) is 0 Å². The Hall–Kier alpha value is -1.29. The monoisotopic (exact) mass is 235 g/mol. The van der Waals surface area contributed by atoms with E-state index in [1.54, 1.807) is 7.05 Å². The minimum Gasteiger partial charge on any atom is -0.358 e. The van der Waals surface area contributed by atoms with Crippen LogP contribution >= 0.6 is 0 Å². The SMILES string of the molecule is CNC(=O)Cn1cc2c(c1)C(NC)CCCC2. The fourth-order valence-electron chi connectivity index (χ4n) is 2.55. The number of likely N-dealkylation sites (N-methyl/N-ethyl adjacent to an activating group) is 1. The van der Waals surface area contributed by atoms with Crippen LogP contribution in [0, 0.1) is 0 Å². The Bertz CT molecular complexity index is 397. The van der Waals surface area contributed by atoms with E-state index in [1.807, 2.05) is 11.6 Å². The van der Waals surface area contributed by atoms with Gasteiger partial charge in [0.05, 0.1) is 0 Å². The topological polar surface area (TPSA) is 46.1 Å². The van der Waals surface area contributed by atoms with Crippen LogP contribution in [0.5, 0.6) is 0 Å². The van der Waals surface area contributed by atoms with Crippen molar-refractivity contribution < 1.29 is 4.79 Å². The van der Waals surface area contributed by atoms with Crippen molar-refractivity contribution in [3.8, 4) is 0 Å². The molecule has 0 aromatic carbocycles. The van der Waals surface area contributed by atoms with Crippen molar-refractivity contribution in [3.63, 3.8) is 0 Å². The molecule has 1 aliphatic carbocycles. The van der Waals surface area contributed by atoms with Crippen molar-refractivity contribution in [1.82, 2.24) is 15.2 Å². The van der Waals surface area contributed by atoms with Crippen molar-refractivity contribution >= 4 is 5.91 Å². The first-order chi connectivity index (χ1) is 8.24. The second-order valence-electron chi connectivity index (χ2n) is 4.67. The molecule has 2 rings (SSSR count). The van der Waals surface area contributed by atoms with Crippen LogP contribution in [-0.4, -0.2) is 24.6 Å². The summed E-state index contributed by atoms with van der Waals surface area (Å²) in [7, 11) is 3.68. The molecule has 1 unspecified atom stereocenters. The van der Waals surface area contributed by atoms with Gasteiger partial charge in [-0.25, -0.2) is 0 Å². The fourth-order valence-corrected chi connectivity index (χ4v) is 2.55. The van der Waals surface area contributed by atoms with E-state index in [0.29, 0.717) is 12.6 Å². The summed E-state index contributed by atoms with van der Waals surface area (Å²) in [4.78, 5) is 11.4.